The van der Waals surface area contributed by atoms with E-state index in [0.717, 1.165) is 14.9 Å². The summed E-state index contributed by atoms with van der Waals surface area (Å²) < 4.78 is 1.04. The Hall–Kier alpha value is -0.520. The lowest BCUT2D eigenvalue weighted by Crippen LogP contribution is -2.37. The molecule has 0 aliphatic heterocycles. The summed E-state index contributed by atoms with van der Waals surface area (Å²) in [6.07, 6.45) is 2.66. The number of halogens is 1. The number of benzene rings is 1. The highest BCUT2D eigenvalue weighted by Crippen LogP contribution is 2.24. The van der Waals surface area contributed by atoms with Gasteiger partial charge < -0.3 is 10.4 Å². The zero-order valence-corrected chi connectivity index (χ0v) is 13.8. The van der Waals surface area contributed by atoms with Gasteiger partial charge in [-0.1, -0.05) is 35.8 Å². The summed E-state index contributed by atoms with van der Waals surface area (Å²) >= 11 is 5.11. The molecule has 2 N–H and O–H groups in total. The van der Waals surface area contributed by atoms with Crippen molar-refractivity contribution < 1.29 is 9.90 Å². The molecule has 0 fully saturated rings. The molecular formula is C14H20BrNO2S. The normalized spacial score (nSPS) is 12.7. The summed E-state index contributed by atoms with van der Waals surface area (Å²) in [4.78, 5) is 12.4. The second-order valence-electron chi connectivity index (χ2n) is 4.86. The zero-order valence-electron chi connectivity index (χ0n) is 11.4. The molecule has 1 aromatic carbocycles. The van der Waals surface area contributed by atoms with E-state index >= 15 is 0 Å². The standard InChI is InChI=1S/C14H20BrNO2S/c1-9(2)6-12(14(17)18)16-8-10-4-5-11(15)7-13(10)19-3/h4-5,7,9,12,16H,6,8H2,1-3H3,(H,17,18)/t12-/m0/s1. The first kappa shape index (κ1) is 16.5. The number of hydrogen-bond donors (Lipinski definition) is 2. The summed E-state index contributed by atoms with van der Waals surface area (Å²) in [7, 11) is 0. The van der Waals surface area contributed by atoms with Gasteiger partial charge in [-0.15, -0.1) is 11.8 Å². The molecule has 106 valence electrons. The van der Waals surface area contributed by atoms with Crippen LogP contribution in [0.1, 0.15) is 25.8 Å². The molecule has 0 aliphatic carbocycles. The Morgan fingerprint density at radius 3 is 2.68 bits per heavy atom. The SMILES string of the molecule is CSc1cc(Br)ccc1CN[C@@H](CC(C)C)C(=O)O. The van der Waals surface area contributed by atoms with Crippen LogP contribution in [0.25, 0.3) is 0 Å². The third-order valence-electron chi connectivity index (χ3n) is 2.79. The predicted octanol–water partition coefficient (Wildman–Crippen LogP) is 3.76. The van der Waals surface area contributed by atoms with Gasteiger partial charge in [0.05, 0.1) is 0 Å². The van der Waals surface area contributed by atoms with Gasteiger partial charge in [0, 0.05) is 15.9 Å². The van der Waals surface area contributed by atoms with Crippen molar-refractivity contribution in [1.82, 2.24) is 5.32 Å². The van der Waals surface area contributed by atoms with Crippen LogP contribution >= 0.6 is 27.7 Å². The van der Waals surface area contributed by atoms with E-state index in [1.165, 1.54) is 0 Å². The van der Waals surface area contributed by atoms with E-state index in [1.807, 2.05) is 32.2 Å². The highest BCUT2D eigenvalue weighted by Gasteiger charge is 2.18. The van der Waals surface area contributed by atoms with Crippen LogP contribution in [0.3, 0.4) is 0 Å². The van der Waals surface area contributed by atoms with E-state index in [0.29, 0.717) is 18.9 Å². The number of carboxylic acids is 1. The lowest BCUT2D eigenvalue weighted by molar-refractivity contribution is -0.140. The van der Waals surface area contributed by atoms with Crippen molar-refractivity contribution in [1.29, 1.82) is 0 Å². The molecule has 1 rings (SSSR count). The van der Waals surface area contributed by atoms with Gasteiger partial charge in [0.15, 0.2) is 0 Å². The minimum atomic E-state index is -0.781. The Balaban J connectivity index is 2.71. The van der Waals surface area contributed by atoms with Crippen LogP contribution < -0.4 is 5.32 Å². The Kier molecular flexibility index (Phi) is 6.89. The Bertz CT molecular complexity index is 437. The van der Waals surface area contributed by atoms with E-state index in [2.05, 4.69) is 27.3 Å². The third-order valence-corrected chi connectivity index (χ3v) is 4.11. The van der Waals surface area contributed by atoms with Crippen LogP contribution in [0.4, 0.5) is 0 Å². The molecule has 0 unspecified atom stereocenters. The van der Waals surface area contributed by atoms with Crippen LogP contribution in [-0.4, -0.2) is 23.4 Å². The molecule has 0 aromatic heterocycles. The van der Waals surface area contributed by atoms with Gasteiger partial charge in [0.1, 0.15) is 6.04 Å². The van der Waals surface area contributed by atoms with Crippen molar-refractivity contribution in [3.63, 3.8) is 0 Å². The van der Waals surface area contributed by atoms with Crippen molar-refractivity contribution in [3.8, 4) is 0 Å². The second-order valence-corrected chi connectivity index (χ2v) is 6.62. The molecule has 0 bridgehead atoms. The van der Waals surface area contributed by atoms with Crippen LogP contribution in [0.2, 0.25) is 0 Å². The average Bonchev–Trinajstić information content (AvgIpc) is 2.34. The molecule has 0 spiro atoms. The highest BCUT2D eigenvalue weighted by atomic mass is 79.9. The molecule has 3 nitrogen and oxygen atoms in total. The molecule has 0 heterocycles. The van der Waals surface area contributed by atoms with Crippen LogP contribution in [-0.2, 0) is 11.3 Å². The molecule has 5 heteroatoms. The van der Waals surface area contributed by atoms with Crippen LogP contribution in [0, 0.1) is 5.92 Å². The number of carboxylic acid groups (broad SMARTS) is 1. The maximum Gasteiger partial charge on any atom is 0.320 e. The summed E-state index contributed by atoms with van der Waals surface area (Å²) in [6, 6.07) is 5.57. The molecule has 1 atom stereocenters. The lowest BCUT2D eigenvalue weighted by atomic mass is 10.0. The minimum absolute atomic E-state index is 0.360. The predicted molar refractivity (Wildman–Crippen MR) is 83.6 cm³/mol. The Morgan fingerprint density at radius 1 is 1.47 bits per heavy atom. The minimum Gasteiger partial charge on any atom is -0.480 e. The fourth-order valence-electron chi connectivity index (χ4n) is 1.84. The zero-order chi connectivity index (χ0) is 14.4. The topological polar surface area (TPSA) is 49.3 Å². The molecule has 1 aromatic rings. The summed E-state index contributed by atoms with van der Waals surface area (Å²) in [5.74, 6) is -0.421. The molecule has 19 heavy (non-hydrogen) atoms. The highest BCUT2D eigenvalue weighted by molar-refractivity contribution is 9.10. The smallest absolute Gasteiger partial charge is 0.320 e. The van der Waals surface area contributed by atoms with E-state index in [4.69, 9.17) is 0 Å². The third kappa shape index (κ3) is 5.55. The average molecular weight is 346 g/mol. The quantitative estimate of drug-likeness (QED) is 0.738. The number of nitrogens with one attached hydrogen (secondary N) is 1. The number of rotatable bonds is 7. The fourth-order valence-corrected chi connectivity index (χ4v) is 3.00. The van der Waals surface area contributed by atoms with E-state index in [9.17, 15) is 9.90 Å². The monoisotopic (exact) mass is 345 g/mol. The van der Waals surface area contributed by atoms with Crippen molar-refractivity contribution in [3.05, 3.63) is 28.2 Å². The second kappa shape index (κ2) is 7.92. The van der Waals surface area contributed by atoms with Crippen LogP contribution in [0.5, 0.6) is 0 Å². The number of thioether (sulfide) groups is 1. The van der Waals surface area contributed by atoms with Gasteiger partial charge in [-0.3, -0.25) is 4.79 Å². The molecule has 0 aliphatic rings. The first-order chi connectivity index (χ1) is 8.93. The maximum absolute atomic E-state index is 11.2. The molecule has 0 amide bonds. The largest absolute Gasteiger partial charge is 0.480 e. The Labute approximate surface area is 127 Å². The lowest BCUT2D eigenvalue weighted by Gasteiger charge is -2.17. The number of aliphatic carboxylic acids is 1. The van der Waals surface area contributed by atoms with Gasteiger partial charge in [0.25, 0.3) is 0 Å². The molecule has 0 saturated carbocycles. The summed E-state index contributed by atoms with van der Waals surface area (Å²) in [6.45, 7) is 4.64. The van der Waals surface area contributed by atoms with Gasteiger partial charge in [-0.2, -0.15) is 0 Å². The van der Waals surface area contributed by atoms with Crippen molar-refractivity contribution >= 4 is 33.7 Å². The first-order valence-corrected chi connectivity index (χ1v) is 8.24. The van der Waals surface area contributed by atoms with Crippen molar-refractivity contribution in [2.45, 2.75) is 37.8 Å². The summed E-state index contributed by atoms with van der Waals surface area (Å²) in [5, 5.41) is 12.3. The Morgan fingerprint density at radius 2 is 2.16 bits per heavy atom. The van der Waals surface area contributed by atoms with Gasteiger partial charge in [-0.25, -0.2) is 0 Å². The van der Waals surface area contributed by atoms with Crippen LogP contribution in [0.15, 0.2) is 27.6 Å². The molecule has 0 radical (unpaired) electrons. The van der Waals surface area contributed by atoms with Crippen molar-refractivity contribution in [2.24, 2.45) is 5.92 Å². The van der Waals surface area contributed by atoms with Gasteiger partial charge in [-0.05, 0) is 36.3 Å². The molecular weight excluding hydrogens is 326 g/mol. The molecule has 0 saturated heterocycles. The van der Waals surface area contributed by atoms with E-state index in [1.54, 1.807) is 11.8 Å². The van der Waals surface area contributed by atoms with E-state index < -0.39 is 12.0 Å². The van der Waals surface area contributed by atoms with Crippen molar-refractivity contribution in [2.75, 3.05) is 6.26 Å². The first-order valence-electron chi connectivity index (χ1n) is 6.22. The summed E-state index contributed by atoms with van der Waals surface area (Å²) in [5.41, 5.74) is 1.13. The number of carbonyl (C=O) groups is 1. The maximum atomic E-state index is 11.2. The van der Waals surface area contributed by atoms with Gasteiger partial charge >= 0.3 is 5.97 Å². The fraction of sp³-hybridized carbons (Fsp3) is 0.500. The number of hydrogen-bond acceptors (Lipinski definition) is 3. The van der Waals surface area contributed by atoms with Gasteiger partial charge in [0.2, 0.25) is 0 Å². The van der Waals surface area contributed by atoms with E-state index in [-0.39, 0.29) is 0 Å².